The summed E-state index contributed by atoms with van der Waals surface area (Å²) in [6.45, 7) is 5.74. The van der Waals surface area contributed by atoms with Crippen molar-refractivity contribution in [3.63, 3.8) is 0 Å². The van der Waals surface area contributed by atoms with Gasteiger partial charge in [0.25, 0.3) is 0 Å². The Morgan fingerprint density at radius 2 is 2.32 bits per heavy atom. The fourth-order valence-corrected chi connectivity index (χ4v) is 3.58. The van der Waals surface area contributed by atoms with E-state index < -0.39 is 0 Å². The summed E-state index contributed by atoms with van der Waals surface area (Å²) in [5.74, 6) is -0.451. The standard InChI is InChI=1S/C15H24N4O2S/c1-10(18(3)9-13-7-17-11(2)22-13)15(21)19-6-4-5-12(8-19)14(16)20/h7,10,12H,4-6,8-9H2,1-3H3,(H2,16,20)/t10-,12-/m1/s1. The fourth-order valence-electron chi connectivity index (χ4n) is 2.72. The van der Waals surface area contributed by atoms with Gasteiger partial charge in [0.05, 0.1) is 17.0 Å². The highest BCUT2D eigenvalue weighted by Crippen LogP contribution is 2.19. The van der Waals surface area contributed by atoms with Crippen molar-refractivity contribution in [2.24, 2.45) is 11.7 Å². The van der Waals surface area contributed by atoms with Crippen molar-refractivity contribution >= 4 is 23.2 Å². The summed E-state index contributed by atoms with van der Waals surface area (Å²) in [5.41, 5.74) is 5.38. The number of nitrogens with two attached hydrogens (primary N) is 1. The molecule has 6 nitrogen and oxygen atoms in total. The van der Waals surface area contributed by atoms with Gasteiger partial charge in [0, 0.05) is 30.7 Å². The van der Waals surface area contributed by atoms with Crippen molar-refractivity contribution in [2.45, 2.75) is 39.3 Å². The fraction of sp³-hybridized carbons (Fsp3) is 0.667. The van der Waals surface area contributed by atoms with Crippen LogP contribution in [0, 0.1) is 12.8 Å². The normalized spacial score (nSPS) is 20.2. The van der Waals surface area contributed by atoms with E-state index in [0.29, 0.717) is 19.6 Å². The third-order valence-corrected chi connectivity index (χ3v) is 5.13. The molecule has 2 N–H and O–H groups in total. The van der Waals surface area contributed by atoms with Crippen molar-refractivity contribution < 1.29 is 9.59 Å². The van der Waals surface area contributed by atoms with E-state index in [2.05, 4.69) is 4.98 Å². The Morgan fingerprint density at radius 1 is 1.59 bits per heavy atom. The first-order valence-electron chi connectivity index (χ1n) is 7.58. The highest BCUT2D eigenvalue weighted by Gasteiger charge is 2.30. The van der Waals surface area contributed by atoms with Gasteiger partial charge >= 0.3 is 0 Å². The summed E-state index contributed by atoms with van der Waals surface area (Å²) in [5, 5.41) is 1.03. The summed E-state index contributed by atoms with van der Waals surface area (Å²) in [6.07, 6.45) is 3.48. The lowest BCUT2D eigenvalue weighted by atomic mass is 9.97. The molecule has 7 heteroatoms. The summed E-state index contributed by atoms with van der Waals surface area (Å²) < 4.78 is 0. The minimum atomic E-state index is -0.307. The molecule has 0 spiro atoms. The third kappa shape index (κ3) is 4.04. The molecular weight excluding hydrogens is 300 g/mol. The maximum Gasteiger partial charge on any atom is 0.239 e. The summed E-state index contributed by atoms with van der Waals surface area (Å²) >= 11 is 1.65. The molecule has 2 atom stereocenters. The number of nitrogens with zero attached hydrogens (tertiary/aromatic N) is 3. The van der Waals surface area contributed by atoms with E-state index in [4.69, 9.17) is 5.73 Å². The zero-order valence-electron chi connectivity index (χ0n) is 13.4. The smallest absolute Gasteiger partial charge is 0.239 e. The molecule has 0 bridgehead atoms. The molecule has 122 valence electrons. The second-order valence-electron chi connectivity index (χ2n) is 5.96. The Bertz CT molecular complexity index is 545. The van der Waals surface area contributed by atoms with Gasteiger partial charge in [0.2, 0.25) is 11.8 Å². The number of hydrogen-bond donors (Lipinski definition) is 1. The Kier molecular flexibility index (Phi) is 5.52. The molecule has 1 aromatic rings. The Labute approximate surface area is 135 Å². The second kappa shape index (κ2) is 7.19. The van der Waals surface area contributed by atoms with Crippen LogP contribution in [0.1, 0.15) is 29.7 Å². The molecule has 1 aliphatic heterocycles. The number of carbonyl (C=O) groups is 2. The number of piperidine rings is 1. The number of thiazole rings is 1. The average molecular weight is 324 g/mol. The number of likely N-dealkylation sites (tertiary alicyclic amines) is 1. The molecule has 0 saturated carbocycles. The summed E-state index contributed by atoms with van der Waals surface area (Å²) in [6, 6.07) is -0.228. The lowest BCUT2D eigenvalue weighted by molar-refractivity contribution is -0.139. The van der Waals surface area contributed by atoms with Gasteiger partial charge in [-0.05, 0) is 33.7 Å². The van der Waals surface area contributed by atoms with E-state index in [1.54, 1.807) is 16.2 Å². The van der Waals surface area contributed by atoms with Crippen molar-refractivity contribution in [1.82, 2.24) is 14.8 Å². The second-order valence-corrected chi connectivity index (χ2v) is 7.28. The number of aromatic nitrogens is 1. The highest BCUT2D eigenvalue weighted by atomic mass is 32.1. The lowest BCUT2D eigenvalue weighted by Gasteiger charge is -2.35. The number of aryl methyl sites for hydroxylation is 1. The average Bonchev–Trinajstić information content (AvgIpc) is 2.90. The van der Waals surface area contributed by atoms with Crippen molar-refractivity contribution in [1.29, 1.82) is 0 Å². The van der Waals surface area contributed by atoms with Crippen LogP contribution in [-0.4, -0.2) is 52.8 Å². The summed E-state index contributed by atoms with van der Waals surface area (Å²) in [7, 11) is 1.94. The SMILES string of the molecule is Cc1ncc(CN(C)[C@H](C)C(=O)N2CCC[C@@H](C(N)=O)C2)s1. The number of amides is 2. The predicted octanol–water partition coefficient (Wildman–Crippen LogP) is 0.996. The molecule has 1 fully saturated rings. The molecular formula is C15H24N4O2S. The molecule has 2 rings (SSSR count). The van der Waals surface area contributed by atoms with Crippen LogP contribution in [0.2, 0.25) is 0 Å². The van der Waals surface area contributed by atoms with Crippen LogP contribution in [0.5, 0.6) is 0 Å². The maximum atomic E-state index is 12.6. The molecule has 0 aromatic carbocycles. The van der Waals surface area contributed by atoms with E-state index in [1.165, 1.54) is 0 Å². The van der Waals surface area contributed by atoms with Crippen LogP contribution in [0.4, 0.5) is 0 Å². The zero-order valence-corrected chi connectivity index (χ0v) is 14.2. The Hall–Kier alpha value is -1.47. The van der Waals surface area contributed by atoms with Gasteiger partial charge in [-0.3, -0.25) is 14.5 Å². The van der Waals surface area contributed by atoms with Gasteiger partial charge in [-0.15, -0.1) is 11.3 Å². The summed E-state index contributed by atoms with van der Waals surface area (Å²) in [4.78, 5) is 33.1. The van der Waals surface area contributed by atoms with Crippen LogP contribution in [0.3, 0.4) is 0 Å². The first kappa shape index (κ1) is 16.9. The number of carbonyl (C=O) groups excluding carboxylic acids is 2. The number of hydrogen-bond acceptors (Lipinski definition) is 5. The van der Waals surface area contributed by atoms with Gasteiger partial charge in [0.1, 0.15) is 0 Å². The van der Waals surface area contributed by atoms with Gasteiger partial charge in [0.15, 0.2) is 0 Å². The first-order valence-corrected chi connectivity index (χ1v) is 8.39. The Balaban J connectivity index is 1.94. The quantitative estimate of drug-likeness (QED) is 0.876. The van der Waals surface area contributed by atoms with Crippen molar-refractivity contribution in [3.8, 4) is 0 Å². The minimum Gasteiger partial charge on any atom is -0.369 e. The zero-order chi connectivity index (χ0) is 16.3. The molecule has 1 saturated heterocycles. The monoisotopic (exact) mass is 324 g/mol. The van der Waals surface area contributed by atoms with Gasteiger partial charge in [-0.1, -0.05) is 0 Å². The Morgan fingerprint density at radius 3 is 2.91 bits per heavy atom. The van der Waals surface area contributed by atoms with Crippen LogP contribution in [0.25, 0.3) is 0 Å². The van der Waals surface area contributed by atoms with Gasteiger partial charge in [-0.25, -0.2) is 4.98 Å². The predicted molar refractivity (Wildman–Crippen MR) is 86.3 cm³/mol. The number of likely N-dealkylation sites (N-methyl/N-ethyl adjacent to an activating group) is 1. The molecule has 0 unspecified atom stereocenters. The largest absolute Gasteiger partial charge is 0.369 e. The maximum absolute atomic E-state index is 12.6. The number of rotatable bonds is 5. The van der Waals surface area contributed by atoms with Crippen molar-refractivity contribution in [3.05, 3.63) is 16.1 Å². The van der Waals surface area contributed by atoms with Crippen LogP contribution in [0.15, 0.2) is 6.20 Å². The van der Waals surface area contributed by atoms with E-state index in [9.17, 15) is 9.59 Å². The van der Waals surface area contributed by atoms with Gasteiger partial charge in [-0.2, -0.15) is 0 Å². The molecule has 1 aliphatic rings. The van der Waals surface area contributed by atoms with Crippen LogP contribution in [-0.2, 0) is 16.1 Å². The molecule has 22 heavy (non-hydrogen) atoms. The molecule has 1 aromatic heterocycles. The molecule has 0 aliphatic carbocycles. The highest BCUT2D eigenvalue weighted by molar-refractivity contribution is 7.11. The van der Waals surface area contributed by atoms with E-state index >= 15 is 0 Å². The van der Waals surface area contributed by atoms with E-state index in [0.717, 1.165) is 22.7 Å². The first-order chi connectivity index (χ1) is 10.4. The third-order valence-electron chi connectivity index (χ3n) is 4.23. The minimum absolute atomic E-state index is 0.0645. The lowest BCUT2D eigenvalue weighted by Crippen LogP contribution is -2.50. The van der Waals surface area contributed by atoms with Crippen molar-refractivity contribution in [2.75, 3.05) is 20.1 Å². The van der Waals surface area contributed by atoms with E-state index in [1.807, 2.05) is 32.0 Å². The molecule has 0 radical (unpaired) electrons. The van der Waals surface area contributed by atoms with E-state index in [-0.39, 0.29) is 23.8 Å². The molecule has 2 amide bonds. The van der Waals surface area contributed by atoms with Crippen LogP contribution >= 0.6 is 11.3 Å². The van der Waals surface area contributed by atoms with Crippen LogP contribution < -0.4 is 5.73 Å². The number of primary amides is 1. The van der Waals surface area contributed by atoms with Gasteiger partial charge < -0.3 is 10.6 Å². The topological polar surface area (TPSA) is 79.5 Å². The molecule has 2 heterocycles.